The molecule has 0 aliphatic rings. The molecule has 0 saturated carbocycles. The molecule has 0 fully saturated rings. The fraction of sp³-hybridized carbons (Fsp3) is 0.200. The van der Waals surface area contributed by atoms with Crippen LogP contribution in [0.4, 0.5) is 0 Å². The summed E-state index contributed by atoms with van der Waals surface area (Å²) >= 11 is 1.68. The molecule has 2 aromatic rings. The first-order valence-corrected chi connectivity index (χ1v) is 7.20. The van der Waals surface area contributed by atoms with E-state index in [0.717, 1.165) is 18.1 Å². The zero-order valence-electron chi connectivity index (χ0n) is 11.7. The highest BCUT2D eigenvalue weighted by atomic mass is 127. The van der Waals surface area contributed by atoms with E-state index in [1.807, 2.05) is 18.2 Å². The monoisotopic (exact) mass is 412 g/mol. The Kier molecular flexibility index (Phi) is 7.79. The van der Waals surface area contributed by atoms with Crippen LogP contribution in [0.5, 0.6) is 0 Å². The number of halogens is 1. The smallest absolute Gasteiger partial charge is 0.191 e. The van der Waals surface area contributed by atoms with Gasteiger partial charge in [0, 0.05) is 20.1 Å². The van der Waals surface area contributed by atoms with Crippen molar-refractivity contribution in [1.82, 2.24) is 10.6 Å². The molecule has 110 valence electrons. The van der Waals surface area contributed by atoms with Crippen molar-refractivity contribution in [2.75, 3.05) is 7.05 Å². The summed E-state index contributed by atoms with van der Waals surface area (Å²) in [5.74, 6) is 0.749. The fourth-order valence-corrected chi connectivity index (χ4v) is 2.40. The van der Waals surface area contributed by atoms with Gasteiger partial charge in [-0.1, -0.05) is 12.1 Å². The second-order valence-electron chi connectivity index (χ2n) is 4.22. The summed E-state index contributed by atoms with van der Waals surface area (Å²) in [5, 5.41) is 19.5. The van der Waals surface area contributed by atoms with Crippen molar-refractivity contribution in [3.05, 3.63) is 57.8 Å². The Hall–Kier alpha value is -1.59. The Morgan fingerprint density at radius 1 is 1.24 bits per heavy atom. The van der Waals surface area contributed by atoms with Gasteiger partial charge in [0.15, 0.2) is 5.96 Å². The SMILES string of the molecule is CN=C(NCc1ccsc1)NCc1cccc(C#N)c1.I. The molecule has 0 spiro atoms. The van der Waals surface area contributed by atoms with Crippen LogP contribution in [-0.4, -0.2) is 13.0 Å². The maximum atomic E-state index is 8.87. The topological polar surface area (TPSA) is 60.2 Å². The molecule has 0 unspecified atom stereocenters. The summed E-state index contributed by atoms with van der Waals surface area (Å²) in [7, 11) is 1.74. The molecule has 0 saturated heterocycles. The zero-order chi connectivity index (χ0) is 14.2. The Morgan fingerprint density at radius 3 is 2.62 bits per heavy atom. The van der Waals surface area contributed by atoms with Gasteiger partial charge in [0.05, 0.1) is 11.6 Å². The first kappa shape index (κ1) is 17.5. The highest BCUT2D eigenvalue weighted by Crippen LogP contribution is 2.05. The first-order valence-electron chi connectivity index (χ1n) is 6.26. The molecule has 0 aliphatic carbocycles. The van der Waals surface area contributed by atoms with Gasteiger partial charge in [0.25, 0.3) is 0 Å². The van der Waals surface area contributed by atoms with Crippen molar-refractivity contribution in [2.45, 2.75) is 13.1 Å². The van der Waals surface area contributed by atoms with Gasteiger partial charge in [0.2, 0.25) is 0 Å². The number of rotatable bonds is 4. The quantitative estimate of drug-likeness (QED) is 0.461. The molecule has 0 atom stereocenters. The van der Waals surface area contributed by atoms with Gasteiger partial charge in [-0.2, -0.15) is 16.6 Å². The van der Waals surface area contributed by atoms with Gasteiger partial charge in [-0.25, -0.2) is 0 Å². The molecular weight excluding hydrogens is 395 g/mol. The van der Waals surface area contributed by atoms with Gasteiger partial charge in [-0.3, -0.25) is 4.99 Å². The zero-order valence-corrected chi connectivity index (χ0v) is 14.8. The molecule has 2 rings (SSSR count). The summed E-state index contributed by atoms with van der Waals surface area (Å²) in [6, 6.07) is 11.8. The van der Waals surface area contributed by atoms with E-state index in [0.29, 0.717) is 12.1 Å². The first-order chi connectivity index (χ1) is 9.81. The van der Waals surface area contributed by atoms with Crippen molar-refractivity contribution >= 4 is 41.3 Å². The number of guanidine groups is 1. The standard InChI is InChI=1S/C15H16N4S.HI/c1-17-15(19-10-14-5-6-20-11-14)18-9-13-4-2-3-12(7-13)8-16;/h2-7,11H,9-10H2,1H3,(H2,17,18,19);1H. The van der Waals surface area contributed by atoms with E-state index in [-0.39, 0.29) is 24.0 Å². The average molecular weight is 412 g/mol. The number of thiophene rings is 1. The van der Waals surface area contributed by atoms with Crippen LogP contribution in [0.25, 0.3) is 0 Å². The summed E-state index contributed by atoms with van der Waals surface area (Å²) in [5.41, 5.74) is 2.97. The second-order valence-corrected chi connectivity index (χ2v) is 5.00. The molecular formula is C15H17IN4S. The van der Waals surface area contributed by atoms with Gasteiger partial charge >= 0.3 is 0 Å². The maximum absolute atomic E-state index is 8.87. The maximum Gasteiger partial charge on any atom is 0.191 e. The molecule has 6 heteroatoms. The van der Waals surface area contributed by atoms with Gasteiger partial charge in [-0.15, -0.1) is 24.0 Å². The lowest BCUT2D eigenvalue weighted by Crippen LogP contribution is -2.36. The number of nitrogens with one attached hydrogen (secondary N) is 2. The fourth-order valence-electron chi connectivity index (χ4n) is 1.74. The van der Waals surface area contributed by atoms with Crippen molar-refractivity contribution in [3.63, 3.8) is 0 Å². The van der Waals surface area contributed by atoms with Crippen molar-refractivity contribution in [1.29, 1.82) is 5.26 Å². The predicted octanol–water partition coefficient (Wildman–Crippen LogP) is 3.10. The predicted molar refractivity (Wildman–Crippen MR) is 97.9 cm³/mol. The Bertz CT molecular complexity index is 617. The number of benzene rings is 1. The van der Waals surface area contributed by atoms with Crippen LogP contribution in [0.2, 0.25) is 0 Å². The van der Waals surface area contributed by atoms with Crippen LogP contribution in [0.15, 0.2) is 46.1 Å². The number of hydrogen-bond acceptors (Lipinski definition) is 3. The molecule has 1 heterocycles. The van der Waals surface area contributed by atoms with E-state index >= 15 is 0 Å². The Labute approximate surface area is 145 Å². The minimum absolute atomic E-state index is 0. The number of nitrogens with zero attached hydrogens (tertiary/aromatic N) is 2. The van der Waals surface area contributed by atoms with Crippen LogP contribution in [0, 0.1) is 11.3 Å². The molecule has 21 heavy (non-hydrogen) atoms. The minimum atomic E-state index is 0. The average Bonchev–Trinajstić information content (AvgIpc) is 3.01. The van der Waals surface area contributed by atoms with Crippen LogP contribution in [-0.2, 0) is 13.1 Å². The lowest BCUT2D eigenvalue weighted by atomic mass is 10.1. The third kappa shape index (κ3) is 5.73. The molecule has 1 aromatic carbocycles. The van der Waals surface area contributed by atoms with E-state index in [1.165, 1.54) is 5.56 Å². The number of aliphatic imine (C=N–C) groups is 1. The van der Waals surface area contributed by atoms with Crippen LogP contribution < -0.4 is 10.6 Å². The van der Waals surface area contributed by atoms with E-state index < -0.39 is 0 Å². The van der Waals surface area contributed by atoms with E-state index in [9.17, 15) is 0 Å². The number of nitriles is 1. The van der Waals surface area contributed by atoms with Crippen LogP contribution in [0.1, 0.15) is 16.7 Å². The molecule has 4 nitrogen and oxygen atoms in total. The highest BCUT2D eigenvalue weighted by Gasteiger charge is 2.00. The van der Waals surface area contributed by atoms with Gasteiger partial charge in [-0.05, 0) is 40.1 Å². The lowest BCUT2D eigenvalue weighted by Gasteiger charge is -2.11. The summed E-state index contributed by atoms with van der Waals surface area (Å²) in [4.78, 5) is 4.18. The normalized spacial score (nSPS) is 10.4. The van der Waals surface area contributed by atoms with Crippen molar-refractivity contribution < 1.29 is 0 Å². The third-order valence-electron chi connectivity index (χ3n) is 2.78. The molecule has 0 bridgehead atoms. The second kappa shape index (κ2) is 9.37. The van der Waals surface area contributed by atoms with Gasteiger partial charge in [0.1, 0.15) is 0 Å². The molecule has 2 N–H and O–H groups in total. The summed E-state index contributed by atoms with van der Waals surface area (Å²) in [6.45, 7) is 1.39. The highest BCUT2D eigenvalue weighted by molar-refractivity contribution is 14.0. The largest absolute Gasteiger partial charge is 0.352 e. The Morgan fingerprint density at radius 2 is 2.00 bits per heavy atom. The van der Waals surface area contributed by atoms with E-state index in [2.05, 4.69) is 38.5 Å². The minimum Gasteiger partial charge on any atom is -0.352 e. The number of hydrogen-bond donors (Lipinski definition) is 2. The molecule has 1 aromatic heterocycles. The van der Waals surface area contributed by atoms with Crippen LogP contribution in [0.3, 0.4) is 0 Å². The Balaban J connectivity index is 0.00000220. The lowest BCUT2D eigenvalue weighted by molar-refractivity contribution is 0.810. The molecule has 0 radical (unpaired) electrons. The molecule has 0 amide bonds. The summed E-state index contributed by atoms with van der Waals surface area (Å²) < 4.78 is 0. The van der Waals surface area contributed by atoms with Crippen molar-refractivity contribution in [3.8, 4) is 6.07 Å². The third-order valence-corrected chi connectivity index (χ3v) is 3.51. The van der Waals surface area contributed by atoms with E-state index in [4.69, 9.17) is 5.26 Å². The van der Waals surface area contributed by atoms with Gasteiger partial charge < -0.3 is 10.6 Å². The van der Waals surface area contributed by atoms with Crippen LogP contribution >= 0.6 is 35.3 Å². The molecule has 0 aliphatic heterocycles. The van der Waals surface area contributed by atoms with E-state index in [1.54, 1.807) is 24.5 Å². The van der Waals surface area contributed by atoms with Crippen molar-refractivity contribution in [2.24, 2.45) is 4.99 Å². The summed E-state index contributed by atoms with van der Waals surface area (Å²) in [6.07, 6.45) is 0.